The standard InChI is InChI=1S/C15H26O6/c1-4-13(17)19-9-7-5-6-8-10-20-14(18)21-12-15(2,3)11-16/h4,16H,1,5-12H2,2-3H3. The molecule has 0 aromatic carbocycles. The van der Waals surface area contributed by atoms with E-state index in [2.05, 4.69) is 6.58 Å². The Labute approximate surface area is 126 Å². The van der Waals surface area contributed by atoms with E-state index in [1.807, 2.05) is 0 Å². The number of unbranched alkanes of at least 4 members (excludes halogenated alkanes) is 3. The number of aliphatic hydroxyl groups excluding tert-OH is 1. The Bertz CT molecular complexity index is 324. The van der Waals surface area contributed by atoms with Crippen LogP contribution in [0.25, 0.3) is 0 Å². The third-order valence-electron chi connectivity index (χ3n) is 2.68. The van der Waals surface area contributed by atoms with Crippen LogP contribution >= 0.6 is 0 Å². The quantitative estimate of drug-likeness (QED) is 0.358. The van der Waals surface area contributed by atoms with Crippen molar-refractivity contribution in [2.75, 3.05) is 26.4 Å². The molecule has 0 bridgehead atoms. The molecule has 6 heteroatoms. The van der Waals surface area contributed by atoms with Crippen LogP contribution in [0, 0.1) is 5.41 Å². The number of carbonyl (C=O) groups excluding carboxylic acids is 2. The number of ether oxygens (including phenoxy) is 3. The third-order valence-corrected chi connectivity index (χ3v) is 2.68. The van der Waals surface area contributed by atoms with Crippen molar-refractivity contribution in [2.24, 2.45) is 5.41 Å². The average Bonchev–Trinajstić information content (AvgIpc) is 2.47. The van der Waals surface area contributed by atoms with Crippen LogP contribution in [0.15, 0.2) is 12.7 Å². The summed E-state index contributed by atoms with van der Waals surface area (Å²) >= 11 is 0. The molecule has 0 atom stereocenters. The van der Waals surface area contributed by atoms with Gasteiger partial charge in [0.05, 0.1) is 19.8 Å². The maximum atomic E-state index is 11.3. The molecule has 0 aliphatic rings. The molecule has 0 saturated carbocycles. The fourth-order valence-electron chi connectivity index (χ4n) is 1.29. The zero-order chi connectivity index (χ0) is 16.1. The summed E-state index contributed by atoms with van der Waals surface area (Å²) in [5.41, 5.74) is -0.456. The molecule has 0 heterocycles. The number of hydrogen-bond acceptors (Lipinski definition) is 6. The molecule has 0 aromatic heterocycles. The van der Waals surface area contributed by atoms with Crippen molar-refractivity contribution in [1.82, 2.24) is 0 Å². The van der Waals surface area contributed by atoms with Crippen molar-refractivity contribution in [3.8, 4) is 0 Å². The first-order valence-electron chi connectivity index (χ1n) is 7.11. The summed E-state index contributed by atoms with van der Waals surface area (Å²) in [5, 5.41) is 9.01. The van der Waals surface area contributed by atoms with Crippen molar-refractivity contribution >= 4 is 12.1 Å². The second kappa shape index (κ2) is 11.1. The molecule has 0 amide bonds. The molecule has 0 fully saturated rings. The van der Waals surface area contributed by atoms with Crippen LogP contribution in [-0.2, 0) is 19.0 Å². The Morgan fingerprint density at radius 1 is 1.05 bits per heavy atom. The van der Waals surface area contributed by atoms with Crippen molar-refractivity contribution in [3.63, 3.8) is 0 Å². The molecule has 0 spiro atoms. The van der Waals surface area contributed by atoms with E-state index >= 15 is 0 Å². The number of hydrogen-bond donors (Lipinski definition) is 1. The van der Waals surface area contributed by atoms with Crippen LogP contribution in [0.2, 0.25) is 0 Å². The van der Waals surface area contributed by atoms with Gasteiger partial charge in [-0.1, -0.05) is 20.4 Å². The lowest BCUT2D eigenvalue weighted by molar-refractivity contribution is -0.137. The molecule has 0 saturated heterocycles. The molecule has 122 valence electrons. The largest absolute Gasteiger partial charge is 0.508 e. The second-order valence-corrected chi connectivity index (χ2v) is 5.50. The van der Waals surface area contributed by atoms with E-state index in [0.29, 0.717) is 13.2 Å². The van der Waals surface area contributed by atoms with Gasteiger partial charge in [-0.15, -0.1) is 0 Å². The number of carbonyl (C=O) groups is 2. The van der Waals surface area contributed by atoms with Gasteiger partial charge in [0.25, 0.3) is 0 Å². The monoisotopic (exact) mass is 302 g/mol. The van der Waals surface area contributed by atoms with Crippen LogP contribution < -0.4 is 0 Å². The van der Waals surface area contributed by atoms with Crippen molar-refractivity contribution < 1.29 is 28.9 Å². The van der Waals surface area contributed by atoms with Gasteiger partial charge in [0.1, 0.15) is 6.61 Å². The Morgan fingerprint density at radius 3 is 2.14 bits per heavy atom. The predicted octanol–water partition coefficient (Wildman–Crippen LogP) is 2.45. The van der Waals surface area contributed by atoms with Crippen LogP contribution in [-0.4, -0.2) is 43.7 Å². The van der Waals surface area contributed by atoms with Crippen molar-refractivity contribution in [3.05, 3.63) is 12.7 Å². The summed E-state index contributed by atoms with van der Waals surface area (Å²) < 4.78 is 14.6. The fourth-order valence-corrected chi connectivity index (χ4v) is 1.29. The number of aliphatic hydroxyl groups is 1. The first-order valence-corrected chi connectivity index (χ1v) is 7.11. The molecule has 0 aliphatic heterocycles. The Morgan fingerprint density at radius 2 is 1.62 bits per heavy atom. The highest BCUT2D eigenvalue weighted by Gasteiger charge is 2.19. The molecule has 21 heavy (non-hydrogen) atoms. The van der Waals surface area contributed by atoms with Crippen molar-refractivity contribution in [2.45, 2.75) is 39.5 Å². The third kappa shape index (κ3) is 11.9. The minimum absolute atomic E-state index is 0.0588. The van der Waals surface area contributed by atoms with Crippen LogP contribution in [0.5, 0.6) is 0 Å². The normalized spacial score (nSPS) is 10.8. The average molecular weight is 302 g/mol. The van der Waals surface area contributed by atoms with E-state index in [0.717, 1.165) is 31.8 Å². The minimum atomic E-state index is -0.712. The van der Waals surface area contributed by atoms with Gasteiger partial charge in [0.2, 0.25) is 0 Å². The molecular formula is C15H26O6. The van der Waals surface area contributed by atoms with Gasteiger partial charge in [0.15, 0.2) is 0 Å². The lowest BCUT2D eigenvalue weighted by Gasteiger charge is -2.20. The SMILES string of the molecule is C=CC(=O)OCCCCCCOC(=O)OCC(C)(C)CO. The van der Waals surface area contributed by atoms with Gasteiger partial charge in [0, 0.05) is 11.5 Å². The highest BCUT2D eigenvalue weighted by Crippen LogP contribution is 2.14. The number of rotatable bonds is 11. The maximum absolute atomic E-state index is 11.3. The molecule has 0 radical (unpaired) electrons. The minimum Gasteiger partial charge on any atom is -0.463 e. The van der Waals surface area contributed by atoms with E-state index in [-0.39, 0.29) is 13.2 Å². The topological polar surface area (TPSA) is 82.1 Å². The van der Waals surface area contributed by atoms with E-state index < -0.39 is 17.5 Å². The molecule has 0 rings (SSSR count). The highest BCUT2D eigenvalue weighted by molar-refractivity contribution is 5.81. The summed E-state index contributed by atoms with van der Waals surface area (Å²) in [6.07, 6.45) is 3.69. The molecule has 6 nitrogen and oxygen atoms in total. The lowest BCUT2D eigenvalue weighted by Crippen LogP contribution is -2.25. The van der Waals surface area contributed by atoms with Crippen LogP contribution in [0.3, 0.4) is 0 Å². The first-order chi connectivity index (χ1) is 9.91. The second-order valence-electron chi connectivity index (χ2n) is 5.50. The fraction of sp³-hybridized carbons (Fsp3) is 0.733. The number of esters is 1. The summed E-state index contributed by atoms with van der Waals surface area (Å²) in [7, 11) is 0. The van der Waals surface area contributed by atoms with E-state index in [4.69, 9.17) is 19.3 Å². The van der Waals surface area contributed by atoms with E-state index in [1.54, 1.807) is 13.8 Å². The van der Waals surface area contributed by atoms with Crippen molar-refractivity contribution in [1.29, 1.82) is 0 Å². The lowest BCUT2D eigenvalue weighted by atomic mass is 9.97. The molecular weight excluding hydrogens is 276 g/mol. The first kappa shape index (κ1) is 19.4. The van der Waals surface area contributed by atoms with Gasteiger partial charge in [-0.25, -0.2) is 9.59 Å². The summed E-state index contributed by atoms with van der Waals surface area (Å²) in [6, 6.07) is 0. The van der Waals surface area contributed by atoms with Gasteiger partial charge < -0.3 is 19.3 Å². The van der Waals surface area contributed by atoms with Gasteiger partial charge in [-0.3, -0.25) is 0 Å². The van der Waals surface area contributed by atoms with Crippen LogP contribution in [0.4, 0.5) is 4.79 Å². The van der Waals surface area contributed by atoms with Gasteiger partial charge in [-0.05, 0) is 25.7 Å². The van der Waals surface area contributed by atoms with Gasteiger partial charge >= 0.3 is 12.1 Å². The summed E-state index contributed by atoms with van der Waals surface area (Å²) in [6.45, 7) is 7.62. The zero-order valence-electron chi connectivity index (χ0n) is 12.9. The smallest absolute Gasteiger partial charge is 0.463 e. The molecule has 0 aliphatic carbocycles. The zero-order valence-corrected chi connectivity index (χ0v) is 12.9. The maximum Gasteiger partial charge on any atom is 0.508 e. The summed E-state index contributed by atoms with van der Waals surface area (Å²) in [4.78, 5) is 22.0. The van der Waals surface area contributed by atoms with E-state index in [9.17, 15) is 9.59 Å². The Balaban J connectivity index is 3.40. The Kier molecular flexibility index (Phi) is 10.3. The predicted molar refractivity (Wildman–Crippen MR) is 77.8 cm³/mol. The molecule has 0 aromatic rings. The van der Waals surface area contributed by atoms with Crippen LogP contribution in [0.1, 0.15) is 39.5 Å². The molecule has 1 N–H and O–H groups in total. The summed E-state index contributed by atoms with van der Waals surface area (Å²) in [5.74, 6) is -0.410. The van der Waals surface area contributed by atoms with Gasteiger partial charge in [-0.2, -0.15) is 0 Å². The Hall–Kier alpha value is -1.56. The highest BCUT2D eigenvalue weighted by atomic mass is 16.7. The molecule has 0 unspecified atom stereocenters. The van der Waals surface area contributed by atoms with E-state index in [1.165, 1.54) is 0 Å².